The second-order valence-electron chi connectivity index (χ2n) is 34.1. The Balaban J connectivity index is 0.0000504. The predicted molar refractivity (Wildman–Crippen MR) is 485 cm³/mol. The first-order valence-corrected chi connectivity index (χ1v) is 48.7. The minimum absolute atomic E-state index is 0. The van der Waals surface area contributed by atoms with Gasteiger partial charge in [-0.3, -0.25) is 95.3 Å². The van der Waals surface area contributed by atoms with Gasteiger partial charge in [0.05, 0.1) is 52.2 Å². The molecule has 0 aromatic carbocycles. The Morgan fingerprint density at radius 3 is 0.957 bits per heavy atom. The van der Waals surface area contributed by atoms with Crippen molar-refractivity contribution in [2.45, 2.75) is 335 Å². The van der Waals surface area contributed by atoms with E-state index in [0.717, 1.165) is 82.3 Å². The van der Waals surface area contributed by atoms with Crippen molar-refractivity contribution in [2.75, 3.05) is 126 Å². The van der Waals surface area contributed by atoms with E-state index in [2.05, 4.69) is 41.7 Å². The maximum Gasteiger partial charge on any atom is 0.471 e. The lowest BCUT2D eigenvalue weighted by Gasteiger charge is -2.44. The summed E-state index contributed by atoms with van der Waals surface area (Å²) in [4.78, 5) is 239. The van der Waals surface area contributed by atoms with Crippen LogP contribution >= 0.6 is 7.82 Å². The number of nitrogens with zero attached hydrogens (tertiary/aromatic N) is 1. The zero-order valence-corrected chi connectivity index (χ0v) is 83.6. The summed E-state index contributed by atoms with van der Waals surface area (Å²) in [7, 11) is -2.98. The number of phosphoric ester groups is 1. The first-order valence-electron chi connectivity index (χ1n) is 47.3. The van der Waals surface area contributed by atoms with Crippen molar-refractivity contribution in [3.8, 4) is 0 Å². The highest BCUT2D eigenvalue weighted by Gasteiger charge is 2.55. The number of hydrogen-bond donors (Lipinski definition) is 8. The molecule has 0 spiro atoms. The number of hydrogen-bond acceptors (Lipinski definition) is 39. The molecule has 16 atom stereocenters. The van der Waals surface area contributed by atoms with Crippen LogP contribution in [-0.2, 0) is 185 Å². The van der Waals surface area contributed by atoms with Gasteiger partial charge in [-0.05, 0) is 57.8 Å². The summed E-state index contributed by atoms with van der Waals surface area (Å²) in [6.07, 6.45) is -4.86. The molecule has 10 N–H and O–H groups in total. The molecule has 0 bridgehead atoms. The largest absolute Gasteiger partial charge is 0.471 e. The summed E-state index contributed by atoms with van der Waals surface area (Å²) in [5.41, 5.74) is -1.57. The van der Waals surface area contributed by atoms with E-state index < -0.39 is 208 Å². The van der Waals surface area contributed by atoms with Crippen molar-refractivity contribution in [1.29, 1.82) is 0 Å². The van der Waals surface area contributed by atoms with Crippen molar-refractivity contribution < 1.29 is 196 Å². The summed E-state index contributed by atoms with van der Waals surface area (Å²) in [5.74, 6) is -11.0. The smallest absolute Gasteiger partial charge is 0.463 e. The van der Waals surface area contributed by atoms with E-state index in [4.69, 9.17) is 89.8 Å². The Bertz CT molecular complexity index is 3650. The molecule has 800 valence electrons. The Hall–Kier alpha value is -9.63. The lowest BCUT2D eigenvalue weighted by molar-refractivity contribution is -0.277. The number of unbranched alkanes of at least 4 members (excludes halogenated alkanes) is 13. The number of phosphoric acid groups is 1. The standard InChI is InChI=1S/C90H147N8O40P.H2O/c1-56(99)94-77-83(133-65(10)108)80(130-62(7)105)70(50-126-59(4)102)136-87(77)123-41-27-20-16-24-38-91-73(112)35-45-120-53-90(97-86(116)68-48-98(49-68)76(115)34-31-33-69(111)32-23-15-14-19-30-44-129-139(117,118)119-13,54-121-46-36-74(113)92-39-25-17-21-28-42-124-88-78(95-57(2)100)84(134-66(11)109)81(131-63(8)106)71(137-88)51-127-60(5)103)55-122-47-37-75(114)93-40-26-18-22-29-43-125-89-79(96-58(3)101)85(135-67(12)110)82(132-64(9)107)72(138-89)52-128-61(6)104;/h68,70-72,77-85,87-89H,14-55H2,1-13H3,(H,91,112)(H,92,113)(H,93,114)(H,94,99)(H,95,100)(H,96,101)(H,97,116)(H,117,118);1H2. The number of carbonyl (C=O) groups excluding carboxylic acids is 18. The molecule has 50 heteroatoms. The second kappa shape index (κ2) is 68.5. The fourth-order valence-electron chi connectivity index (χ4n) is 15.2. The first kappa shape index (κ1) is 125. The number of amides is 8. The van der Waals surface area contributed by atoms with Crippen LogP contribution in [0.3, 0.4) is 0 Å². The molecule has 0 radical (unpaired) electrons. The van der Waals surface area contributed by atoms with E-state index in [1.54, 1.807) is 0 Å². The highest BCUT2D eigenvalue weighted by atomic mass is 31.2. The van der Waals surface area contributed by atoms with Crippen LogP contribution < -0.4 is 37.2 Å². The fraction of sp³-hybridized carbons (Fsp3) is 0.800. The van der Waals surface area contributed by atoms with E-state index in [9.17, 15) is 95.8 Å². The van der Waals surface area contributed by atoms with Crippen molar-refractivity contribution in [3.05, 3.63) is 0 Å². The van der Waals surface area contributed by atoms with Crippen LogP contribution in [0.4, 0.5) is 0 Å². The van der Waals surface area contributed by atoms with Gasteiger partial charge in [0.2, 0.25) is 47.3 Å². The molecule has 0 aliphatic carbocycles. The number of esters is 9. The van der Waals surface area contributed by atoms with Crippen molar-refractivity contribution in [2.24, 2.45) is 5.92 Å². The number of rotatable bonds is 70. The number of likely N-dealkylation sites (tertiary alicyclic amines) is 1. The lowest BCUT2D eigenvalue weighted by atomic mass is 9.95. The maximum absolute atomic E-state index is 14.6. The molecule has 0 aromatic heterocycles. The molecule has 4 aliphatic rings. The van der Waals surface area contributed by atoms with Gasteiger partial charge in [-0.15, -0.1) is 0 Å². The molecule has 4 heterocycles. The molecule has 16 unspecified atom stereocenters. The fourth-order valence-corrected chi connectivity index (χ4v) is 15.7. The van der Waals surface area contributed by atoms with E-state index in [-0.39, 0.29) is 172 Å². The highest BCUT2D eigenvalue weighted by molar-refractivity contribution is 7.47. The Morgan fingerprint density at radius 2 is 0.650 bits per heavy atom. The number of nitrogens with one attached hydrogen (secondary N) is 7. The third kappa shape index (κ3) is 51.9. The van der Waals surface area contributed by atoms with E-state index in [1.165, 1.54) is 25.7 Å². The van der Waals surface area contributed by atoms with Gasteiger partial charge in [-0.2, -0.15) is 0 Å². The molecule has 4 fully saturated rings. The number of ketones is 1. The average molecular weight is 2030 g/mol. The Kier molecular flexibility index (Phi) is 61.0. The monoisotopic (exact) mass is 2030 g/mol. The topological polar surface area (TPSA) is 648 Å². The van der Waals surface area contributed by atoms with Gasteiger partial charge in [0.25, 0.3) is 0 Å². The van der Waals surface area contributed by atoms with Gasteiger partial charge in [-0.25, -0.2) is 4.57 Å². The van der Waals surface area contributed by atoms with Gasteiger partial charge in [0.15, 0.2) is 55.5 Å². The van der Waals surface area contributed by atoms with Crippen LogP contribution in [0.2, 0.25) is 0 Å². The second-order valence-corrected chi connectivity index (χ2v) is 35.7. The zero-order chi connectivity index (χ0) is 103. The quantitative estimate of drug-likeness (QED) is 0.0185. The molecule has 140 heavy (non-hydrogen) atoms. The van der Waals surface area contributed by atoms with Crippen LogP contribution in [0.15, 0.2) is 0 Å². The Morgan fingerprint density at radius 1 is 0.357 bits per heavy atom. The Labute approximate surface area is 815 Å². The minimum Gasteiger partial charge on any atom is -0.463 e. The SMILES string of the molecule is COP(=O)(O)OCCCCCCCC(=O)CCCC(=O)N1CC(C(=O)NC(COCCC(=O)NCCCCCCOC2OC(COC(C)=O)C(OC(C)=O)C(OC(C)=O)C2NC(C)=O)(COCCC(=O)NCCCCCCOC2OC(COC(C)=O)C(OC(C)=O)C(OC(C)=O)C2NC(C)=O)COCCC(=O)NCCCCCCOC2OC(COC(C)=O)C(OC(C)=O)C(OC(C)=O)C2NC(C)=O)C1.O. The van der Waals surface area contributed by atoms with Crippen LogP contribution in [0.5, 0.6) is 0 Å². The lowest BCUT2D eigenvalue weighted by Crippen LogP contribution is -2.66. The third-order valence-corrected chi connectivity index (χ3v) is 22.7. The van der Waals surface area contributed by atoms with Gasteiger partial charge < -0.3 is 138 Å². The van der Waals surface area contributed by atoms with Crippen LogP contribution in [0, 0.1) is 5.92 Å². The summed E-state index contributed by atoms with van der Waals surface area (Å²) in [5, 5.41) is 19.6. The van der Waals surface area contributed by atoms with Gasteiger partial charge in [-0.1, -0.05) is 57.8 Å². The van der Waals surface area contributed by atoms with Crippen molar-refractivity contribution >= 4 is 115 Å². The van der Waals surface area contributed by atoms with Crippen molar-refractivity contribution in [3.63, 3.8) is 0 Å². The molecular weight excluding hydrogens is 1880 g/mol. The minimum atomic E-state index is -4.06. The zero-order valence-electron chi connectivity index (χ0n) is 82.7. The average Bonchev–Trinajstić information content (AvgIpc) is 0.797. The molecule has 0 saturated carbocycles. The molecule has 0 aromatic rings. The van der Waals surface area contributed by atoms with Gasteiger partial charge >= 0.3 is 61.5 Å². The van der Waals surface area contributed by atoms with E-state index in [1.807, 2.05) is 0 Å². The van der Waals surface area contributed by atoms with Gasteiger partial charge in [0.1, 0.15) is 67.6 Å². The van der Waals surface area contributed by atoms with E-state index >= 15 is 0 Å². The molecule has 4 aliphatic heterocycles. The number of Topliss-reactive ketones (excluding diaryl/α,β-unsaturated/α-hetero) is 1. The molecular formula is C90H149N8O41P. The van der Waals surface area contributed by atoms with Crippen LogP contribution in [-0.4, -0.2) is 345 Å². The maximum atomic E-state index is 14.6. The van der Waals surface area contributed by atoms with Crippen molar-refractivity contribution in [1.82, 2.24) is 42.1 Å². The van der Waals surface area contributed by atoms with E-state index in [0.29, 0.717) is 103 Å². The molecule has 49 nitrogen and oxygen atoms in total. The molecule has 4 saturated heterocycles. The normalized spacial score (nSPS) is 22.4. The molecule has 8 amide bonds. The van der Waals surface area contributed by atoms with Gasteiger partial charge in [0, 0.05) is 181 Å². The third-order valence-electron chi connectivity index (χ3n) is 21.7. The van der Waals surface area contributed by atoms with Crippen LogP contribution in [0.1, 0.15) is 237 Å². The number of carbonyl (C=O) groups is 18. The first-order chi connectivity index (χ1) is 66.0. The summed E-state index contributed by atoms with van der Waals surface area (Å²) in [6.45, 7) is 12.1. The highest BCUT2D eigenvalue weighted by Crippen LogP contribution is 2.42. The summed E-state index contributed by atoms with van der Waals surface area (Å²) in [6, 6.07) is -3.46. The summed E-state index contributed by atoms with van der Waals surface area (Å²) >= 11 is 0. The predicted octanol–water partition coefficient (Wildman–Crippen LogP) is 1.59. The number of ether oxygens (including phenoxy) is 18. The van der Waals surface area contributed by atoms with Crippen LogP contribution in [0.25, 0.3) is 0 Å². The summed E-state index contributed by atoms with van der Waals surface area (Å²) < 4.78 is 124. The molecule has 4 rings (SSSR count).